The molecule has 0 bridgehead atoms. The lowest BCUT2D eigenvalue weighted by molar-refractivity contribution is 0.200. The maximum Gasteiger partial charge on any atom is 0.0212 e. The summed E-state index contributed by atoms with van der Waals surface area (Å²) in [6, 6.07) is 0.919. The lowest BCUT2D eigenvalue weighted by atomic mass is 9.94. The molecule has 2 aliphatic rings. The molecule has 64 valence electrons. The van der Waals surface area contributed by atoms with Gasteiger partial charge in [0.05, 0.1) is 0 Å². The third-order valence-electron chi connectivity index (χ3n) is 3.01. The van der Waals surface area contributed by atoms with Gasteiger partial charge in [0.1, 0.15) is 0 Å². The van der Waals surface area contributed by atoms with E-state index < -0.39 is 0 Å². The monoisotopic (exact) mass is 171 g/mol. The number of fused-ring (bicyclic) bond motifs is 1. The fourth-order valence-corrected chi connectivity index (χ4v) is 3.89. The highest BCUT2D eigenvalue weighted by Crippen LogP contribution is 2.34. The summed E-state index contributed by atoms with van der Waals surface area (Å²) in [6.07, 6.45) is 5.86. The summed E-state index contributed by atoms with van der Waals surface area (Å²) in [6.45, 7) is 1.31. The molecule has 1 heterocycles. The van der Waals surface area contributed by atoms with Gasteiger partial charge < -0.3 is 4.90 Å². The van der Waals surface area contributed by atoms with E-state index in [-0.39, 0.29) is 0 Å². The predicted molar refractivity (Wildman–Crippen MR) is 51.1 cm³/mol. The molecule has 0 aromatic rings. The van der Waals surface area contributed by atoms with Gasteiger partial charge in [-0.2, -0.15) is 11.8 Å². The molecule has 0 radical (unpaired) electrons. The van der Waals surface area contributed by atoms with Crippen molar-refractivity contribution in [2.45, 2.75) is 37.0 Å². The smallest absolute Gasteiger partial charge is 0.0212 e. The van der Waals surface area contributed by atoms with Crippen molar-refractivity contribution in [3.05, 3.63) is 0 Å². The average Bonchev–Trinajstić information content (AvgIpc) is 2.06. The molecule has 1 aliphatic heterocycles. The molecule has 1 aliphatic carbocycles. The Morgan fingerprint density at radius 2 is 2.09 bits per heavy atom. The van der Waals surface area contributed by atoms with Gasteiger partial charge in [-0.15, -0.1) is 0 Å². The fourth-order valence-electron chi connectivity index (χ4n) is 2.29. The highest BCUT2D eigenvalue weighted by atomic mass is 32.2. The van der Waals surface area contributed by atoms with Crippen LogP contribution in [0.4, 0.5) is 0 Å². The summed E-state index contributed by atoms with van der Waals surface area (Å²) in [4.78, 5) is 2.57. The van der Waals surface area contributed by atoms with Gasteiger partial charge in [0, 0.05) is 23.6 Å². The maximum atomic E-state index is 2.57. The van der Waals surface area contributed by atoms with E-state index in [1.807, 2.05) is 0 Å². The van der Waals surface area contributed by atoms with Crippen LogP contribution in [0.2, 0.25) is 0 Å². The molecule has 1 saturated carbocycles. The summed E-state index contributed by atoms with van der Waals surface area (Å²) in [5.74, 6) is 1.36. The van der Waals surface area contributed by atoms with Gasteiger partial charge in [-0.1, -0.05) is 12.8 Å². The van der Waals surface area contributed by atoms with Crippen LogP contribution in [-0.4, -0.2) is 35.5 Å². The van der Waals surface area contributed by atoms with Crippen LogP contribution in [0.15, 0.2) is 0 Å². The van der Waals surface area contributed by atoms with Gasteiger partial charge >= 0.3 is 0 Å². The highest BCUT2D eigenvalue weighted by Gasteiger charge is 2.31. The highest BCUT2D eigenvalue weighted by molar-refractivity contribution is 8.00. The van der Waals surface area contributed by atoms with Gasteiger partial charge in [-0.25, -0.2) is 0 Å². The van der Waals surface area contributed by atoms with E-state index in [9.17, 15) is 0 Å². The molecule has 0 aromatic heterocycles. The quantitative estimate of drug-likeness (QED) is 0.548. The predicted octanol–water partition coefficient (Wildman–Crippen LogP) is 1.98. The summed E-state index contributed by atoms with van der Waals surface area (Å²) in [5.41, 5.74) is 0. The van der Waals surface area contributed by atoms with Crippen molar-refractivity contribution in [3.8, 4) is 0 Å². The molecule has 2 fully saturated rings. The third-order valence-corrected chi connectivity index (χ3v) is 4.41. The molecular formula is C9H17NS. The fraction of sp³-hybridized carbons (Fsp3) is 1.00. The first-order chi connectivity index (χ1) is 5.38. The summed E-state index contributed by atoms with van der Waals surface area (Å²) in [7, 11) is 2.29. The van der Waals surface area contributed by atoms with Crippen LogP contribution in [0.1, 0.15) is 25.7 Å². The van der Waals surface area contributed by atoms with Crippen LogP contribution in [0.25, 0.3) is 0 Å². The van der Waals surface area contributed by atoms with Gasteiger partial charge in [-0.05, 0) is 19.9 Å². The van der Waals surface area contributed by atoms with E-state index in [0.717, 1.165) is 11.3 Å². The van der Waals surface area contributed by atoms with Crippen molar-refractivity contribution in [1.82, 2.24) is 4.90 Å². The number of hydrogen-bond donors (Lipinski definition) is 0. The molecule has 2 rings (SSSR count). The Bertz CT molecular complexity index is 136. The second-order valence-electron chi connectivity index (χ2n) is 3.74. The van der Waals surface area contributed by atoms with Gasteiger partial charge in [0.25, 0.3) is 0 Å². The number of rotatable bonds is 0. The van der Waals surface area contributed by atoms with Crippen LogP contribution in [-0.2, 0) is 0 Å². The SMILES string of the molecule is CN1CCSC2CCCCC21. The largest absolute Gasteiger partial charge is 0.301 e. The van der Waals surface area contributed by atoms with Crippen LogP contribution in [0.5, 0.6) is 0 Å². The Labute approximate surface area is 73.5 Å². The average molecular weight is 171 g/mol. The first-order valence-electron chi connectivity index (χ1n) is 4.70. The number of nitrogens with zero attached hydrogens (tertiary/aromatic N) is 1. The Kier molecular flexibility index (Phi) is 2.42. The van der Waals surface area contributed by atoms with E-state index >= 15 is 0 Å². The Morgan fingerprint density at radius 3 is 2.91 bits per heavy atom. The Hall–Kier alpha value is 0.310. The van der Waals surface area contributed by atoms with Crippen molar-refractivity contribution in [3.63, 3.8) is 0 Å². The second kappa shape index (κ2) is 3.36. The normalized spacial score (nSPS) is 40.1. The van der Waals surface area contributed by atoms with Crippen LogP contribution in [0.3, 0.4) is 0 Å². The summed E-state index contributed by atoms with van der Waals surface area (Å²) >= 11 is 2.21. The zero-order valence-corrected chi connectivity index (χ0v) is 8.07. The van der Waals surface area contributed by atoms with E-state index in [1.165, 1.54) is 38.0 Å². The Morgan fingerprint density at radius 1 is 1.27 bits per heavy atom. The molecule has 0 spiro atoms. The topological polar surface area (TPSA) is 3.24 Å². The lowest BCUT2D eigenvalue weighted by Gasteiger charge is -2.41. The number of thioether (sulfide) groups is 1. The first kappa shape index (κ1) is 7.93. The molecule has 1 nitrogen and oxygen atoms in total. The van der Waals surface area contributed by atoms with Crippen LogP contribution < -0.4 is 0 Å². The zero-order valence-electron chi connectivity index (χ0n) is 7.25. The van der Waals surface area contributed by atoms with E-state index in [0.29, 0.717) is 0 Å². The molecule has 2 atom stereocenters. The van der Waals surface area contributed by atoms with Crippen molar-refractivity contribution >= 4 is 11.8 Å². The first-order valence-corrected chi connectivity index (χ1v) is 5.74. The van der Waals surface area contributed by atoms with Crippen molar-refractivity contribution < 1.29 is 0 Å². The standard InChI is InChI=1S/C9H17NS/c1-10-6-7-11-9-5-3-2-4-8(9)10/h8-9H,2-7H2,1H3. The molecular weight excluding hydrogens is 154 g/mol. The van der Waals surface area contributed by atoms with Gasteiger partial charge in [0.2, 0.25) is 0 Å². The summed E-state index contributed by atoms with van der Waals surface area (Å²) in [5, 5.41) is 0.975. The minimum Gasteiger partial charge on any atom is -0.301 e. The van der Waals surface area contributed by atoms with Crippen LogP contribution in [0, 0.1) is 0 Å². The molecule has 0 N–H and O–H groups in total. The van der Waals surface area contributed by atoms with E-state index in [2.05, 4.69) is 23.7 Å². The molecule has 0 amide bonds. The molecule has 1 saturated heterocycles. The van der Waals surface area contributed by atoms with E-state index in [1.54, 1.807) is 0 Å². The number of hydrogen-bond acceptors (Lipinski definition) is 2. The second-order valence-corrected chi connectivity index (χ2v) is 5.09. The third kappa shape index (κ3) is 1.57. The molecule has 11 heavy (non-hydrogen) atoms. The minimum absolute atomic E-state index is 0.919. The molecule has 2 unspecified atom stereocenters. The van der Waals surface area contributed by atoms with Gasteiger partial charge in [-0.3, -0.25) is 0 Å². The zero-order chi connectivity index (χ0) is 7.68. The van der Waals surface area contributed by atoms with E-state index in [4.69, 9.17) is 0 Å². The van der Waals surface area contributed by atoms with Crippen molar-refractivity contribution in [2.75, 3.05) is 19.3 Å². The van der Waals surface area contributed by atoms with Crippen molar-refractivity contribution in [2.24, 2.45) is 0 Å². The maximum absolute atomic E-state index is 2.57. The van der Waals surface area contributed by atoms with Gasteiger partial charge in [0.15, 0.2) is 0 Å². The minimum atomic E-state index is 0.919. The lowest BCUT2D eigenvalue weighted by Crippen LogP contribution is -2.46. The van der Waals surface area contributed by atoms with Crippen LogP contribution >= 0.6 is 11.8 Å². The Balaban J connectivity index is 1.99. The molecule has 0 aromatic carbocycles. The summed E-state index contributed by atoms with van der Waals surface area (Å²) < 4.78 is 0. The van der Waals surface area contributed by atoms with Crippen molar-refractivity contribution in [1.29, 1.82) is 0 Å². The molecule has 2 heteroatoms.